The number of methoxy groups -OCH3 is 1. The Morgan fingerprint density at radius 3 is 2.80 bits per heavy atom. The van der Waals surface area contributed by atoms with Gasteiger partial charge in [0.1, 0.15) is 0 Å². The van der Waals surface area contributed by atoms with Crippen LogP contribution in [0.2, 0.25) is 5.02 Å². The Kier molecular flexibility index (Phi) is 4.34. The molecule has 1 heterocycles. The van der Waals surface area contributed by atoms with Gasteiger partial charge in [-0.15, -0.1) is 0 Å². The summed E-state index contributed by atoms with van der Waals surface area (Å²) in [6.45, 7) is 2.22. The van der Waals surface area contributed by atoms with E-state index in [2.05, 4.69) is 17.4 Å². The summed E-state index contributed by atoms with van der Waals surface area (Å²) in [4.78, 5) is 0. The molecule has 2 aliphatic rings. The average molecular weight is 294 g/mol. The fraction of sp³-hybridized carbons (Fsp3) is 0.647. The van der Waals surface area contributed by atoms with Crippen LogP contribution in [-0.4, -0.2) is 26.3 Å². The first-order valence-corrected chi connectivity index (χ1v) is 8.10. The van der Waals surface area contributed by atoms with Crippen LogP contribution in [-0.2, 0) is 4.74 Å². The topological polar surface area (TPSA) is 21.3 Å². The van der Waals surface area contributed by atoms with E-state index in [0.29, 0.717) is 17.4 Å². The first-order valence-electron chi connectivity index (χ1n) is 7.72. The van der Waals surface area contributed by atoms with Crippen LogP contribution in [0.15, 0.2) is 24.3 Å². The van der Waals surface area contributed by atoms with Gasteiger partial charge in [-0.1, -0.05) is 30.2 Å². The lowest BCUT2D eigenvalue weighted by Gasteiger charge is -2.49. The maximum atomic E-state index is 6.04. The minimum absolute atomic E-state index is 0.415. The average Bonchev–Trinajstić information content (AvgIpc) is 2.49. The van der Waals surface area contributed by atoms with Crippen LogP contribution in [0.4, 0.5) is 0 Å². The molecular weight excluding hydrogens is 270 g/mol. The number of nitrogens with one attached hydrogen (secondary N) is 1. The highest BCUT2D eigenvalue weighted by Crippen LogP contribution is 2.51. The molecular formula is C17H24ClNO. The van der Waals surface area contributed by atoms with Crippen molar-refractivity contribution in [3.63, 3.8) is 0 Å². The van der Waals surface area contributed by atoms with E-state index in [1.165, 1.54) is 37.7 Å². The molecule has 1 N–H and O–H groups in total. The summed E-state index contributed by atoms with van der Waals surface area (Å²) in [7, 11) is 1.86. The van der Waals surface area contributed by atoms with Crippen molar-refractivity contribution < 1.29 is 4.74 Å². The molecule has 1 aliphatic heterocycles. The predicted molar refractivity (Wildman–Crippen MR) is 83.4 cm³/mol. The number of hydrogen-bond acceptors (Lipinski definition) is 2. The van der Waals surface area contributed by atoms with Crippen molar-refractivity contribution in [1.82, 2.24) is 5.32 Å². The van der Waals surface area contributed by atoms with Gasteiger partial charge in [-0.25, -0.2) is 0 Å². The van der Waals surface area contributed by atoms with Gasteiger partial charge in [0.2, 0.25) is 0 Å². The van der Waals surface area contributed by atoms with Crippen molar-refractivity contribution in [3.05, 3.63) is 34.9 Å². The van der Waals surface area contributed by atoms with Gasteiger partial charge < -0.3 is 10.1 Å². The van der Waals surface area contributed by atoms with Crippen LogP contribution in [0, 0.1) is 5.41 Å². The fourth-order valence-corrected chi connectivity index (χ4v) is 4.35. The molecule has 3 heteroatoms. The van der Waals surface area contributed by atoms with Crippen molar-refractivity contribution in [2.45, 2.75) is 44.1 Å². The summed E-state index contributed by atoms with van der Waals surface area (Å²) >= 11 is 6.04. The third-order valence-electron chi connectivity index (χ3n) is 5.33. The van der Waals surface area contributed by atoms with Gasteiger partial charge in [0.25, 0.3) is 0 Å². The summed E-state index contributed by atoms with van der Waals surface area (Å²) < 4.78 is 5.68. The number of ether oxygens (including phenoxy) is 1. The van der Waals surface area contributed by atoms with Crippen LogP contribution < -0.4 is 5.32 Å². The largest absolute Gasteiger partial charge is 0.381 e. The molecule has 3 atom stereocenters. The number of hydrogen-bond donors (Lipinski definition) is 1. The number of piperidine rings is 1. The van der Waals surface area contributed by atoms with Gasteiger partial charge in [0, 0.05) is 24.6 Å². The highest BCUT2D eigenvalue weighted by Gasteiger charge is 2.44. The number of benzene rings is 1. The van der Waals surface area contributed by atoms with Crippen LogP contribution in [0.1, 0.15) is 43.6 Å². The molecule has 3 rings (SSSR count). The first-order chi connectivity index (χ1) is 9.73. The van der Waals surface area contributed by atoms with E-state index in [4.69, 9.17) is 16.3 Å². The Labute approximate surface area is 126 Å². The molecule has 1 saturated heterocycles. The molecule has 1 aromatic rings. The maximum Gasteiger partial charge on any atom is 0.0576 e. The lowest BCUT2D eigenvalue weighted by molar-refractivity contribution is -0.0122. The molecule has 0 bridgehead atoms. The van der Waals surface area contributed by atoms with E-state index in [9.17, 15) is 0 Å². The molecule has 1 saturated carbocycles. The van der Waals surface area contributed by atoms with Gasteiger partial charge >= 0.3 is 0 Å². The van der Waals surface area contributed by atoms with Crippen molar-refractivity contribution in [1.29, 1.82) is 0 Å². The highest BCUT2D eigenvalue weighted by molar-refractivity contribution is 6.30. The summed E-state index contributed by atoms with van der Waals surface area (Å²) in [6.07, 6.45) is 6.76. The first kappa shape index (κ1) is 14.4. The van der Waals surface area contributed by atoms with Crippen molar-refractivity contribution in [2.75, 3.05) is 20.2 Å². The second-order valence-corrected chi connectivity index (χ2v) is 6.81. The summed E-state index contributed by atoms with van der Waals surface area (Å²) in [5.74, 6) is 0.589. The number of rotatable bonds is 2. The van der Waals surface area contributed by atoms with Crippen molar-refractivity contribution in [3.8, 4) is 0 Å². The lowest BCUT2D eigenvalue weighted by Crippen LogP contribution is -2.47. The second kappa shape index (κ2) is 6.05. The number of halogens is 1. The van der Waals surface area contributed by atoms with E-state index in [1.807, 2.05) is 19.2 Å². The second-order valence-electron chi connectivity index (χ2n) is 6.37. The third-order valence-corrected chi connectivity index (χ3v) is 5.58. The molecule has 2 fully saturated rings. The monoisotopic (exact) mass is 293 g/mol. The van der Waals surface area contributed by atoms with Crippen LogP contribution in [0.3, 0.4) is 0 Å². The Balaban J connectivity index is 1.88. The van der Waals surface area contributed by atoms with Gasteiger partial charge in [0.15, 0.2) is 0 Å². The van der Waals surface area contributed by atoms with E-state index in [0.717, 1.165) is 18.1 Å². The zero-order valence-corrected chi connectivity index (χ0v) is 13.0. The van der Waals surface area contributed by atoms with Crippen molar-refractivity contribution >= 4 is 11.6 Å². The van der Waals surface area contributed by atoms with E-state index < -0.39 is 0 Å². The van der Waals surface area contributed by atoms with Gasteiger partial charge in [-0.2, -0.15) is 0 Å². The smallest absolute Gasteiger partial charge is 0.0576 e. The van der Waals surface area contributed by atoms with Crippen LogP contribution >= 0.6 is 11.6 Å². The molecule has 2 nitrogen and oxygen atoms in total. The van der Waals surface area contributed by atoms with Gasteiger partial charge in [-0.05, 0) is 55.3 Å². The normalized spacial score (nSPS) is 34.3. The van der Waals surface area contributed by atoms with E-state index in [-0.39, 0.29) is 0 Å². The summed E-state index contributed by atoms with van der Waals surface area (Å²) in [6, 6.07) is 8.46. The lowest BCUT2D eigenvalue weighted by atomic mass is 9.60. The van der Waals surface area contributed by atoms with Gasteiger partial charge in [0.05, 0.1) is 6.10 Å². The quantitative estimate of drug-likeness (QED) is 0.890. The van der Waals surface area contributed by atoms with Crippen molar-refractivity contribution in [2.24, 2.45) is 5.41 Å². The molecule has 3 unspecified atom stereocenters. The van der Waals surface area contributed by atoms with E-state index in [1.54, 1.807) is 0 Å². The fourth-order valence-electron chi connectivity index (χ4n) is 4.23. The third kappa shape index (κ3) is 2.74. The Hall–Kier alpha value is -0.570. The minimum Gasteiger partial charge on any atom is -0.381 e. The molecule has 0 aromatic heterocycles. The summed E-state index contributed by atoms with van der Waals surface area (Å²) in [5, 5.41) is 4.40. The Morgan fingerprint density at radius 2 is 2.05 bits per heavy atom. The highest BCUT2D eigenvalue weighted by atomic mass is 35.5. The predicted octanol–water partition coefficient (Wildman–Crippen LogP) is 3.99. The SMILES string of the molecule is COC1CCCC2(CCNCC2c2ccc(Cl)cc2)C1. The molecule has 0 amide bonds. The Morgan fingerprint density at radius 1 is 1.25 bits per heavy atom. The molecule has 20 heavy (non-hydrogen) atoms. The van der Waals surface area contributed by atoms with Gasteiger partial charge in [-0.3, -0.25) is 0 Å². The zero-order chi connectivity index (χ0) is 14.0. The molecule has 1 aromatic carbocycles. The van der Waals surface area contributed by atoms with E-state index >= 15 is 0 Å². The molecule has 110 valence electrons. The zero-order valence-electron chi connectivity index (χ0n) is 12.2. The Bertz CT molecular complexity index is 443. The minimum atomic E-state index is 0.415. The maximum absolute atomic E-state index is 6.04. The molecule has 1 spiro atoms. The standard InChI is InChI=1S/C17H24ClNO/c1-20-15-3-2-8-17(11-15)9-10-19-12-16(17)13-4-6-14(18)7-5-13/h4-7,15-16,19H,2-3,8-12H2,1H3. The summed E-state index contributed by atoms with van der Waals surface area (Å²) in [5.41, 5.74) is 1.84. The molecule has 0 radical (unpaired) electrons. The van der Waals surface area contributed by atoms with Crippen LogP contribution in [0.5, 0.6) is 0 Å². The van der Waals surface area contributed by atoms with Crippen LogP contribution in [0.25, 0.3) is 0 Å². The molecule has 1 aliphatic carbocycles.